The summed E-state index contributed by atoms with van der Waals surface area (Å²) in [5.74, 6) is 0. The van der Waals surface area contributed by atoms with Crippen LogP contribution in [0.1, 0.15) is 5.69 Å². The molecule has 0 fully saturated rings. The van der Waals surface area contributed by atoms with Crippen molar-refractivity contribution in [2.75, 3.05) is 5.32 Å². The molecule has 0 amide bonds. The summed E-state index contributed by atoms with van der Waals surface area (Å²) in [6, 6.07) is 12.0. The number of H-pyrrole nitrogens is 1. The van der Waals surface area contributed by atoms with Gasteiger partial charge in [-0.2, -0.15) is 0 Å². The van der Waals surface area contributed by atoms with Crippen molar-refractivity contribution in [2.45, 2.75) is 0 Å². The Kier molecular flexibility index (Phi) is 3.07. The first-order valence-electron chi connectivity index (χ1n) is 5.35. The second-order valence-corrected chi connectivity index (χ2v) is 5.81. The van der Waals surface area contributed by atoms with Gasteiger partial charge < -0.3 is 10.3 Å². The first-order valence-corrected chi connectivity index (χ1v) is 7.02. The number of aromatic nitrogens is 1. The van der Waals surface area contributed by atoms with Gasteiger partial charge in [-0.3, -0.25) is 0 Å². The maximum Gasteiger partial charge on any atom is 0.127 e. The fourth-order valence-electron chi connectivity index (χ4n) is 1.77. The van der Waals surface area contributed by atoms with Crippen LogP contribution in [0.3, 0.4) is 0 Å². The van der Waals surface area contributed by atoms with E-state index in [9.17, 15) is 0 Å². The van der Waals surface area contributed by atoms with Crippen LogP contribution in [0.25, 0.3) is 10.9 Å². The average molecular weight is 293 g/mol. The zero-order valence-electron chi connectivity index (χ0n) is 9.24. The Morgan fingerprint density at radius 3 is 2.83 bits per heavy atom. The molecule has 0 aliphatic carbocycles. The number of fused-ring (bicyclic) bond motifs is 1. The van der Waals surface area contributed by atoms with Gasteiger partial charge in [0.25, 0.3) is 0 Å². The van der Waals surface area contributed by atoms with Gasteiger partial charge in [-0.1, -0.05) is 42.0 Å². The second-order valence-electron chi connectivity index (χ2n) is 3.86. The lowest BCUT2D eigenvalue weighted by Crippen LogP contribution is -2.09. The average Bonchev–Trinajstić information content (AvgIpc) is 2.95. The van der Waals surface area contributed by atoms with Crippen molar-refractivity contribution in [3.63, 3.8) is 0 Å². The Morgan fingerprint density at radius 2 is 2.11 bits per heavy atom. The smallest absolute Gasteiger partial charge is 0.127 e. The summed E-state index contributed by atoms with van der Waals surface area (Å²) >= 11 is 12.7. The molecule has 0 radical (unpaired) electrons. The number of thiophene rings is 1. The Hall–Kier alpha value is -1.36. The van der Waals surface area contributed by atoms with Crippen molar-refractivity contribution in [1.82, 2.24) is 4.98 Å². The lowest BCUT2D eigenvalue weighted by molar-refractivity contribution is 1.43. The molecule has 90 valence electrons. The molecule has 2 aromatic heterocycles. The Balaban J connectivity index is 1.87. The summed E-state index contributed by atoms with van der Waals surface area (Å²) in [4.78, 5) is 3.96. The number of nitrogens with one attached hydrogen (secondary N) is 2. The van der Waals surface area contributed by atoms with Gasteiger partial charge in [0.15, 0.2) is 0 Å². The number of benzene rings is 1. The van der Waals surface area contributed by atoms with E-state index >= 15 is 0 Å². The van der Waals surface area contributed by atoms with Crippen molar-refractivity contribution < 1.29 is 0 Å². The van der Waals surface area contributed by atoms with E-state index < -0.39 is 0 Å². The molecule has 0 saturated heterocycles. The van der Waals surface area contributed by atoms with Crippen LogP contribution in [0.2, 0.25) is 4.34 Å². The minimum absolute atomic E-state index is 0.667. The number of para-hydroxylation sites is 1. The monoisotopic (exact) mass is 292 g/mol. The van der Waals surface area contributed by atoms with Gasteiger partial charge in [0.2, 0.25) is 0 Å². The molecule has 2 heterocycles. The molecule has 0 spiro atoms. The van der Waals surface area contributed by atoms with E-state index in [1.807, 2.05) is 35.7 Å². The highest BCUT2D eigenvalue weighted by Crippen LogP contribution is 2.24. The molecule has 3 rings (SSSR count). The molecule has 1 aromatic carbocycles. The summed E-state index contributed by atoms with van der Waals surface area (Å²) in [5.41, 5.74) is 2.92. The van der Waals surface area contributed by atoms with Crippen LogP contribution in [0.5, 0.6) is 0 Å². The largest absolute Gasteiger partial charge is 0.353 e. The highest BCUT2D eigenvalue weighted by atomic mass is 35.5. The first-order chi connectivity index (χ1) is 8.72. The van der Waals surface area contributed by atoms with Crippen LogP contribution in [0, 0.1) is 0 Å². The molecule has 3 aromatic rings. The molecule has 0 unspecified atom stereocenters. The number of hydrogen-bond acceptors (Lipinski definition) is 2. The number of anilines is 1. The van der Waals surface area contributed by atoms with Crippen LogP contribution in [-0.4, -0.2) is 9.97 Å². The van der Waals surface area contributed by atoms with Crippen LogP contribution in [0.4, 0.5) is 5.69 Å². The third-order valence-corrected chi connectivity index (χ3v) is 4.01. The fraction of sp³-hybridized carbons (Fsp3) is 0. The van der Waals surface area contributed by atoms with Gasteiger partial charge in [0.1, 0.15) is 4.99 Å². The third-order valence-electron chi connectivity index (χ3n) is 2.60. The highest BCUT2D eigenvalue weighted by Gasteiger charge is 2.06. The van der Waals surface area contributed by atoms with Crippen LogP contribution >= 0.6 is 35.2 Å². The van der Waals surface area contributed by atoms with E-state index in [2.05, 4.69) is 16.4 Å². The maximum atomic E-state index is 5.88. The zero-order chi connectivity index (χ0) is 12.5. The van der Waals surface area contributed by atoms with E-state index in [0.29, 0.717) is 4.99 Å². The van der Waals surface area contributed by atoms with Gasteiger partial charge >= 0.3 is 0 Å². The first kappa shape index (κ1) is 11.7. The zero-order valence-corrected chi connectivity index (χ0v) is 11.6. The summed E-state index contributed by atoms with van der Waals surface area (Å²) in [5, 5.41) is 6.26. The van der Waals surface area contributed by atoms with Crippen molar-refractivity contribution in [3.8, 4) is 0 Å². The lowest BCUT2D eigenvalue weighted by atomic mass is 10.2. The fourth-order valence-corrected chi connectivity index (χ4v) is 2.81. The van der Waals surface area contributed by atoms with E-state index in [1.54, 1.807) is 0 Å². The summed E-state index contributed by atoms with van der Waals surface area (Å²) in [6.07, 6.45) is 0. The standard InChI is InChI=1S/C13H9ClN2S2/c14-12-6-9(7-18-12)15-13(17)11-5-8-3-1-2-4-10(8)16-11/h1-7,16H,(H,15,17). The molecule has 2 N–H and O–H groups in total. The van der Waals surface area contributed by atoms with Crippen molar-refractivity contribution in [2.24, 2.45) is 0 Å². The van der Waals surface area contributed by atoms with E-state index in [0.717, 1.165) is 26.6 Å². The maximum absolute atomic E-state index is 5.88. The second kappa shape index (κ2) is 4.72. The van der Waals surface area contributed by atoms with Crippen LogP contribution < -0.4 is 5.32 Å². The molecule has 2 nitrogen and oxygen atoms in total. The van der Waals surface area contributed by atoms with E-state index in [4.69, 9.17) is 23.8 Å². The highest BCUT2D eigenvalue weighted by molar-refractivity contribution is 7.81. The third kappa shape index (κ3) is 2.27. The van der Waals surface area contributed by atoms with Crippen molar-refractivity contribution in [3.05, 3.63) is 51.8 Å². The number of aromatic amines is 1. The lowest BCUT2D eigenvalue weighted by Gasteiger charge is -2.02. The normalized spacial score (nSPS) is 10.7. The Labute approximate surface area is 119 Å². The number of hydrogen-bond donors (Lipinski definition) is 2. The molecular formula is C13H9ClN2S2. The number of rotatable bonds is 2. The molecule has 0 bridgehead atoms. The predicted molar refractivity (Wildman–Crippen MR) is 83.0 cm³/mol. The molecule has 18 heavy (non-hydrogen) atoms. The number of halogens is 1. The molecule has 0 atom stereocenters. The minimum atomic E-state index is 0.667. The Bertz CT molecular complexity index is 681. The topological polar surface area (TPSA) is 27.8 Å². The van der Waals surface area contributed by atoms with Gasteiger partial charge in [0, 0.05) is 16.3 Å². The van der Waals surface area contributed by atoms with Crippen LogP contribution in [0.15, 0.2) is 41.8 Å². The molecule has 0 aliphatic heterocycles. The molecule has 0 aliphatic rings. The summed E-state index contributed by atoms with van der Waals surface area (Å²) in [6.45, 7) is 0. The molecule has 5 heteroatoms. The predicted octanol–water partition coefficient (Wildman–Crippen LogP) is 4.67. The van der Waals surface area contributed by atoms with E-state index in [1.165, 1.54) is 11.3 Å². The van der Waals surface area contributed by atoms with E-state index in [-0.39, 0.29) is 0 Å². The molecule has 0 saturated carbocycles. The summed E-state index contributed by atoms with van der Waals surface area (Å²) in [7, 11) is 0. The van der Waals surface area contributed by atoms with Crippen LogP contribution in [-0.2, 0) is 0 Å². The van der Waals surface area contributed by atoms with Crippen molar-refractivity contribution in [1.29, 1.82) is 0 Å². The quantitative estimate of drug-likeness (QED) is 0.672. The summed E-state index contributed by atoms with van der Waals surface area (Å²) < 4.78 is 0.747. The minimum Gasteiger partial charge on any atom is -0.353 e. The van der Waals surface area contributed by atoms with Gasteiger partial charge in [-0.25, -0.2) is 0 Å². The van der Waals surface area contributed by atoms with Gasteiger partial charge in [0.05, 0.1) is 15.7 Å². The SMILES string of the molecule is S=C(Nc1csc(Cl)c1)c1cc2ccccc2[nH]1. The molecular weight excluding hydrogens is 284 g/mol. The van der Waals surface area contributed by atoms with Crippen molar-refractivity contribution >= 4 is 56.7 Å². The van der Waals surface area contributed by atoms with Gasteiger partial charge in [-0.05, 0) is 18.2 Å². The van der Waals surface area contributed by atoms with Gasteiger partial charge in [-0.15, -0.1) is 11.3 Å². The number of thiocarbonyl (C=S) groups is 1. The Morgan fingerprint density at radius 1 is 1.28 bits per heavy atom.